The van der Waals surface area contributed by atoms with Gasteiger partial charge in [-0.15, -0.1) is 0 Å². The normalized spacial score (nSPS) is 14.9. The molecular formula is C12H18O3. The fourth-order valence-corrected chi connectivity index (χ4v) is 1.71. The molecule has 0 saturated carbocycles. The van der Waals surface area contributed by atoms with Crippen molar-refractivity contribution in [2.24, 2.45) is 0 Å². The highest BCUT2D eigenvalue weighted by Crippen LogP contribution is 2.30. The Morgan fingerprint density at radius 3 is 2.33 bits per heavy atom. The summed E-state index contributed by atoms with van der Waals surface area (Å²) in [6, 6.07) is 7.18. The number of phenols is 1. The van der Waals surface area contributed by atoms with E-state index in [9.17, 15) is 5.11 Å². The Morgan fingerprint density at radius 2 is 1.87 bits per heavy atom. The van der Waals surface area contributed by atoms with E-state index in [1.54, 1.807) is 26.4 Å². The van der Waals surface area contributed by atoms with E-state index in [1.165, 1.54) is 0 Å². The standard InChI is InChI=1S/C12H18O3/c1-4-11(14-2)12(15-3)9-7-5-6-8-10(9)13/h5-8,11-13H,4H2,1-3H3/t11-,12-/m0/s1. The molecule has 0 amide bonds. The van der Waals surface area contributed by atoms with Gasteiger partial charge in [-0.25, -0.2) is 0 Å². The minimum atomic E-state index is -0.221. The first-order chi connectivity index (χ1) is 7.24. The molecule has 84 valence electrons. The van der Waals surface area contributed by atoms with Crippen molar-refractivity contribution in [1.82, 2.24) is 0 Å². The lowest BCUT2D eigenvalue weighted by Crippen LogP contribution is -2.21. The smallest absolute Gasteiger partial charge is 0.121 e. The van der Waals surface area contributed by atoms with Crippen LogP contribution in [0.2, 0.25) is 0 Å². The largest absolute Gasteiger partial charge is 0.508 e. The second-order valence-corrected chi connectivity index (χ2v) is 3.40. The lowest BCUT2D eigenvalue weighted by Gasteiger charge is -2.24. The van der Waals surface area contributed by atoms with Crippen molar-refractivity contribution in [3.05, 3.63) is 29.8 Å². The highest BCUT2D eigenvalue weighted by Gasteiger charge is 2.23. The molecule has 0 bridgehead atoms. The number of ether oxygens (including phenoxy) is 2. The van der Waals surface area contributed by atoms with Crippen LogP contribution < -0.4 is 0 Å². The molecule has 0 aromatic heterocycles. The fraction of sp³-hybridized carbons (Fsp3) is 0.500. The molecule has 0 aliphatic carbocycles. The summed E-state index contributed by atoms with van der Waals surface area (Å²) in [6.07, 6.45) is 0.577. The van der Waals surface area contributed by atoms with Crippen LogP contribution in [-0.2, 0) is 9.47 Å². The molecule has 0 aliphatic heterocycles. The van der Waals surface area contributed by atoms with Crippen LogP contribution in [-0.4, -0.2) is 25.4 Å². The van der Waals surface area contributed by atoms with Gasteiger partial charge in [-0.3, -0.25) is 0 Å². The Hall–Kier alpha value is -1.06. The van der Waals surface area contributed by atoms with Crippen molar-refractivity contribution in [1.29, 1.82) is 0 Å². The molecule has 3 nitrogen and oxygen atoms in total. The molecule has 1 rings (SSSR count). The van der Waals surface area contributed by atoms with E-state index >= 15 is 0 Å². The molecule has 3 heteroatoms. The molecule has 1 N–H and O–H groups in total. The van der Waals surface area contributed by atoms with Crippen LogP contribution in [0, 0.1) is 0 Å². The molecule has 0 spiro atoms. The van der Waals surface area contributed by atoms with Gasteiger partial charge in [-0.1, -0.05) is 25.1 Å². The Morgan fingerprint density at radius 1 is 1.20 bits per heavy atom. The average Bonchev–Trinajstić information content (AvgIpc) is 2.27. The number of rotatable bonds is 5. The first-order valence-corrected chi connectivity index (χ1v) is 5.08. The van der Waals surface area contributed by atoms with Crippen molar-refractivity contribution in [2.45, 2.75) is 25.6 Å². The zero-order chi connectivity index (χ0) is 11.3. The Kier molecular flexibility index (Phi) is 4.59. The number of para-hydroxylation sites is 1. The Labute approximate surface area is 90.6 Å². The molecular weight excluding hydrogens is 192 g/mol. The summed E-state index contributed by atoms with van der Waals surface area (Å²) in [5.74, 6) is 0.250. The third kappa shape index (κ3) is 2.70. The SMILES string of the molecule is CC[C@H](OC)[C@@H](OC)c1ccccc1O. The molecule has 1 aromatic rings. The van der Waals surface area contributed by atoms with Crippen molar-refractivity contribution in [3.8, 4) is 5.75 Å². The number of hydrogen-bond acceptors (Lipinski definition) is 3. The molecule has 0 radical (unpaired) electrons. The molecule has 1 aromatic carbocycles. The van der Waals surface area contributed by atoms with Crippen LogP contribution in [0.1, 0.15) is 25.0 Å². The van der Waals surface area contributed by atoms with E-state index in [-0.39, 0.29) is 18.0 Å². The van der Waals surface area contributed by atoms with E-state index in [1.807, 2.05) is 19.1 Å². The molecule has 0 unspecified atom stereocenters. The summed E-state index contributed by atoms with van der Waals surface area (Å²) in [5.41, 5.74) is 0.772. The Balaban J connectivity index is 2.96. The van der Waals surface area contributed by atoms with Gasteiger partial charge in [0.2, 0.25) is 0 Å². The minimum absolute atomic E-state index is 0.0386. The number of hydrogen-bond donors (Lipinski definition) is 1. The minimum Gasteiger partial charge on any atom is -0.508 e. The summed E-state index contributed by atoms with van der Waals surface area (Å²) in [4.78, 5) is 0. The van der Waals surface area contributed by atoms with Crippen LogP contribution in [0.4, 0.5) is 0 Å². The highest BCUT2D eigenvalue weighted by molar-refractivity contribution is 5.34. The predicted molar refractivity (Wildman–Crippen MR) is 58.9 cm³/mol. The summed E-state index contributed by atoms with van der Waals surface area (Å²) in [7, 11) is 3.28. The van der Waals surface area contributed by atoms with E-state index < -0.39 is 0 Å². The summed E-state index contributed by atoms with van der Waals surface area (Å²) in [6.45, 7) is 2.03. The number of phenolic OH excluding ortho intramolecular Hbond substituents is 1. The van der Waals surface area contributed by atoms with Gasteiger partial charge in [0.15, 0.2) is 0 Å². The van der Waals surface area contributed by atoms with Gasteiger partial charge in [-0.2, -0.15) is 0 Å². The zero-order valence-electron chi connectivity index (χ0n) is 9.43. The van der Waals surface area contributed by atoms with Crippen LogP contribution in [0.3, 0.4) is 0 Å². The van der Waals surface area contributed by atoms with Gasteiger partial charge in [-0.05, 0) is 12.5 Å². The van der Waals surface area contributed by atoms with Crippen LogP contribution in [0.15, 0.2) is 24.3 Å². The maximum absolute atomic E-state index is 9.72. The first kappa shape index (κ1) is 12.0. The average molecular weight is 210 g/mol. The molecule has 2 atom stereocenters. The van der Waals surface area contributed by atoms with Gasteiger partial charge < -0.3 is 14.6 Å². The van der Waals surface area contributed by atoms with Crippen LogP contribution in [0.25, 0.3) is 0 Å². The maximum atomic E-state index is 9.72. The maximum Gasteiger partial charge on any atom is 0.121 e. The Bertz CT molecular complexity index is 295. The van der Waals surface area contributed by atoms with Gasteiger partial charge in [0.1, 0.15) is 11.9 Å². The van der Waals surface area contributed by atoms with E-state index in [0.717, 1.165) is 12.0 Å². The molecule has 0 saturated heterocycles. The summed E-state index contributed by atoms with van der Waals surface area (Å²) < 4.78 is 10.7. The molecule has 0 aliphatic rings. The third-order valence-corrected chi connectivity index (χ3v) is 2.54. The molecule has 15 heavy (non-hydrogen) atoms. The zero-order valence-corrected chi connectivity index (χ0v) is 9.43. The van der Waals surface area contributed by atoms with Gasteiger partial charge in [0.25, 0.3) is 0 Å². The van der Waals surface area contributed by atoms with Gasteiger partial charge in [0.05, 0.1) is 6.10 Å². The predicted octanol–water partition coefficient (Wildman–Crippen LogP) is 2.50. The van der Waals surface area contributed by atoms with E-state index in [2.05, 4.69) is 0 Å². The van der Waals surface area contributed by atoms with Gasteiger partial charge in [0, 0.05) is 19.8 Å². The number of methoxy groups -OCH3 is 2. The van der Waals surface area contributed by atoms with E-state index in [0.29, 0.717) is 0 Å². The first-order valence-electron chi connectivity index (χ1n) is 5.08. The van der Waals surface area contributed by atoms with E-state index in [4.69, 9.17) is 9.47 Å². The molecule has 0 heterocycles. The lowest BCUT2D eigenvalue weighted by molar-refractivity contribution is -0.0400. The lowest BCUT2D eigenvalue weighted by atomic mass is 10.0. The second-order valence-electron chi connectivity index (χ2n) is 3.40. The second kappa shape index (κ2) is 5.73. The van der Waals surface area contributed by atoms with Crippen LogP contribution >= 0.6 is 0 Å². The van der Waals surface area contributed by atoms with Crippen LogP contribution in [0.5, 0.6) is 5.75 Å². The van der Waals surface area contributed by atoms with Gasteiger partial charge >= 0.3 is 0 Å². The van der Waals surface area contributed by atoms with Crippen molar-refractivity contribution < 1.29 is 14.6 Å². The monoisotopic (exact) mass is 210 g/mol. The highest BCUT2D eigenvalue weighted by atomic mass is 16.5. The quantitative estimate of drug-likeness (QED) is 0.811. The summed E-state index contributed by atoms with van der Waals surface area (Å²) >= 11 is 0. The topological polar surface area (TPSA) is 38.7 Å². The van der Waals surface area contributed by atoms with Crippen molar-refractivity contribution in [2.75, 3.05) is 14.2 Å². The third-order valence-electron chi connectivity index (χ3n) is 2.54. The number of benzene rings is 1. The van der Waals surface area contributed by atoms with Crippen molar-refractivity contribution in [3.63, 3.8) is 0 Å². The summed E-state index contributed by atoms with van der Waals surface area (Å²) in [5, 5.41) is 9.72. The molecule has 0 fully saturated rings. The van der Waals surface area contributed by atoms with Crippen molar-refractivity contribution >= 4 is 0 Å². The fourth-order valence-electron chi connectivity index (χ4n) is 1.71. The number of aromatic hydroxyl groups is 1.